The number of hydrogen-bond donors (Lipinski definition) is 1. The molecule has 1 aromatic carbocycles. The summed E-state index contributed by atoms with van der Waals surface area (Å²) in [5, 5.41) is 3.74. The standard InChI is InChI=1S/C16H25N/c1-4-11-17-15-8-6-5-7-14-12(2)9-10-13(3)16(14)15/h9-10,15,17H,4-8,11H2,1-3H3. The molecule has 0 saturated carbocycles. The van der Waals surface area contributed by atoms with E-state index in [4.69, 9.17) is 0 Å². The van der Waals surface area contributed by atoms with E-state index in [2.05, 4.69) is 38.2 Å². The predicted molar refractivity (Wildman–Crippen MR) is 74.5 cm³/mol. The van der Waals surface area contributed by atoms with E-state index < -0.39 is 0 Å². The van der Waals surface area contributed by atoms with Crippen LogP contribution in [-0.2, 0) is 6.42 Å². The number of benzene rings is 1. The van der Waals surface area contributed by atoms with Crippen LogP contribution < -0.4 is 5.32 Å². The first-order valence-electron chi connectivity index (χ1n) is 7.06. The van der Waals surface area contributed by atoms with Crippen LogP contribution in [0.5, 0.6) is 0 Å². The Labute approximate surface area is 106 Å². The lowest BCUT2D eigenvalue weighted by Gasteiger charge is -2.22. The number of rotatable bonds is 3. The van der Waals surface area contributed by atoms with E-state index in [0.29, 0.717) is 6.04 Å². The van der Waals surface area contributed by atoms with Crippen LogP contribution in [0, 0.1) is 13.8 Å². The lowest BCUT2D eigenvalue weighted by molar-refractivity contribution is 0.488. The van der Waals surface area contributed by atoms with Gasteiger partial charge in [0, 0.05) is 6.04 Å². The third-order valence-corrected chi connectivity index (χ3v) is 3.97. The molecule has 2 rings (SSSR count). The molecule has 1 heteroatoms. The van der Waals surface area contributed by atoms with E-state index in [9.17, 15) is 0 Å². The molecule has 0 aromatic heterocycles. The molecule has 1 nitrogen and oxygen atoms in total. The molecule has 0 heterocycles. The van der Waals surface area contributed by atoms with Crippen LogP contribution in [0.4, 0.5) is 0 Å². The molecule has 1 aromatic rings. The smallest absolute Gasteiger partial charge is 0.0325 e. The Balaban J connectivity index is 2.36. The fourth-order valence-electron chi connectivity index (χ4n) is 3.03. The fraction of sp³-hybridized carbons (Fsp3) is 0.625. The van der Waals surface area contributed by atoms with Gasteiger partial charge in [-0.1, -0.05) is 25.5 Å². The van der Waals surface area contributed by atoms with Crippen molar-refractivity contribution in [3.63, 3.8) is 0 Å². The van der Waals surface area contributed by atoms with E-state index in [1.54, 1.807) is 11.1 Å². The number of fused-ring (bicyclic) bond motifs is 1. The molecule has 0 bridgehead atoms. The number of nitrogens with one attached hydrogen (secondary N) is 1. The Bertz CT molecular complexity index is 381. The summed E-state index contributed by atoms with van der Waals surface area (Å²) in [7, 11) is 0. The third kappa shape index (κ3) is 2.71. The van der Waals surface area contributed by atoms with Gasteiger partial charge in [0.15, 0.2) is 0 Å². The van der Waals surface area contributed by atoms with Crippen molar-refractivity contribution < 1.29 is 0 Å². The maximum Gasteiger partial charge on any atom is 0.0325 e. The molecule has 1 unspecified atom stereocenters. The highest BCUT2D eigenvalue weighted by Crippen LogP contribution is 2.33. The van der Waals surface area contributed by atoms with Crippen molar-refractivity contribution in [1.82, 2.24) is 5.32 Å². The topological polar surface area (TPSA) is 12.0 Å². The number of aryl methyl sites for hydroxylation is 2. The van der Waals surface area contributed by atoms with Crippen LogP contribution >= 0.6 is 0 Å². The lowest BCUT2D eigenvalue weighted by Crippen LogP contribution is -2.23. The summed E-state index contributed by atoms with van der Waals surface area (Å²) >= 11 is 0. The molecular formula is C16H25N. The Morgan fingerprint density at radius 1 is 1.18 bits per heavy atom. The third-order valence-electron chi connectivity index (χ3n) is 3.97. The molecule has 0 amide bonds. The molecule has 1 atom stereocenters. The van der Waals surface area contributed by atoms with Crippen LogP contribution in [0.1, 0.15) is 60.9 Å². The molecule has 17 heavy (non-hydrogen) atoms. The van der Waals surface area contributed by atoms with Gasteiger partial charge in [0.2, 0.25) is 0 Å². The summed E-state index contributed by atoms with van der Waals surface area (Å²) in [5.74, 6) is 0. The van der Waals surface area contributed by atoms with Crippen LogP contribution in [0.15, 0.2) is 12.1 Å². The molecule has 0 saturated heterocycles. The van der Waals surface area contributed by atoms with Crippen molar-refractivity contribution in [2.24, 2.45) is 0 Å². The number of hydrogen-bond acceptors (Lipinski definition) is 1. The normalized spacial score (nSPS) is 19.8. The van der Waals surface area contributed by atoms with Gasteiger partial charge >= 0.3 is 0 Å². The maximum absolute atomic E-state index is 3.74. The van der Waals surface area contributed by atoms with E-state index in [1.807, 2.05) is 0 Å². The monoisotopic (exact) mass is 231 g/mol. The van der Waals surface area contributed by atoms with Gasteiger partial charge in [-0.2, -0.15) is 0 Å². The average Bonchev–Trinajstić information content (AvgIpc) is 2.54. The molecule has 0 aliphatic heterocycles. The second kappa shape index (κ2) is 5.68. The fourth-order valence-corrected chi connectivity index (χ4v) is 3.03. The highest BCUT2D eigenvalue weighted by Gasteiger charge is 2.20. The van der Waals surface area contributed by atoms with Crippen LogP contribution in [0.2, 0.25) is 0 Å². The Morgan fingerprint density at radius 3 is 2.71 bits per heavy atom. The van der Waals surface area contributed by atoms with Crippen molar-refractivity contribution in [3.8, 4) is 0 Å². The lowest BCUT2D eigenvalue weighted by atomic mass is 9.91. The van der Waals surface area contributed by atoms with Crippen molar-refractivity contribution >= 4 is 0 Å². The summed E-state index contributed by atoms with van der Waals surface area (Å²) in [4.78, 5) is 0. The highest BCUT2D eigenvalue weighted by atomic mass is 14.9. The SMILES string of the molecule is CCCNC1CCCCc2c(C)ccc(C)c21. The zero-order valence-electron chi connectivity index (χ0n) is 11.5. The summed E-state index contributed by atoms with van der Waals surface area (Å²) in [6, 6.07) is 5.17. The minimum Gasteiger partial charge on any atom is -0.310 e. The first kappa shape index (κ1) is 12.6. The molecule has 1 N–H and O–H groups in total. The first-order chi connectivity index (χ1) is 8.24. The molecule has 1 aliphatic carbocycles. The zero-order valence-corrected chi connectivity index (χ0v) is 11.5. The minimum atomic E-state index is 0.590. The zero-order chi connectivity index (χ0) is 12.3. The Morgan fingerprint density at radius 2 is 1.94 bits per heavy atom. The summed E-state index contributed by atoms with van der Waals surface area (Å²) in [5.41, 5.74) is 6.18. The van der Waals surface area contributed by atoms with Gasteiger partial charge in [0.25, 0.3) is 0 Å². The second-order valence-electron chi connectivity index (χ2n) is 5.34. The molecule has 1 aliphatic rings. The van der Waals surface area contributed by atoms with E-state index in [1.165, 1.54) is 43.2 Å². The van der Waals surface area contributed by atoms with Gasteiger partial charge < -0.3 is 5.32 Å². The Hall–Kier alpha value is -0.820. The van der Waals surface area contributed by atoms with Crippen LogP contribution in [-0.4, -0.2) is 6.54 Å². The van der Waals surface area contributed by atoms with Crippen LogP contribution in [0.25, 0.3) is 0 Å². The summed E-state index contributed by atoms with van der Waals surface area (Å²) < 4.78 is 0. The maximum atomic E-state index is 3.74. The van der Waals surface area contributed by atoms with Gasteiger partial charge in [-0.15, -0.1) is 0 Å². The molecular weight excluding hydrogens is 206 g/mol. The molecule has 0 radical (unpaired) electrons. The van der Waals surface area contributed by atoms with Gasteiger partial charge in [-0.05, 0) is 68.3 Å². The first-order valence-corrected chi connectivity index (χ1v) is 7.06. The van der Waals surface area contributed by atoms with Crippen molar-refractivity contribution in [2.45, 2.75) is 58.9 Å². The summed E-state index contributed by atoms with van der Waals surface area (Å²) in [6.45, 7) is 7.91. The molecule has 0 spiro atoms. The van der Waals surface area contributed by atoms with Crippen molar-refractivity contribution in [1.29, 1.82) is 0 Å². The molecule has 94 valence electrons. The Kier molecular flexibility index (Phi) is 4.22. The molecule has 0 fully saturated rings. The quantitative estimate of drug-likeness (QED) is 0.773. The van der Waals surface area contributed by atoms with Crippen LogP contribution in [0.3, 0.4) is 0 Å². The predicted octanol–water partition coefficient (Wildman–Crippen LogP) is 4.07. The van der Waals surface area contributed by atoms with Crippen molar-refractivity contribution in [2.75, 3.05) is 6.54 Å². The van der Waals surface area contributed by atoms with Gasteiger partial charge in [-0.25, -0.2) is 0 Å². The van der Waals surface area contributed by atoms with Gasteiger partial charge in [-0.3, -0.25) is 0 Å². The largest absolute Gasteiger partial charge is 0.310 e. The van der Waals surface area contributed by atoms with E-state index in [0.717, 1.165) is 6.54 Å². The minimum absolute atomic E-state index is 0.590. The summed E-state index contributed by atoms with van der Waals surface area (Å²) in [6.07, 6.45) is 6.50. The van der Waals surface area contributed by atoms with Gasteiger partial charge in [0.1, 0.15) is 0 Å². The van der Waals surface area contributed by atoms with Crippen molar-refractivity contribution in [3.05, 3.63) is 34.4 Å². The van der Waals surface area contributed by atoms with E-state index >= 15 is 0 Å². The highest BCUT2D eigenvalue weighted by molar-refractivity contribution is 5.42. The van der Waals surface area contributed by atoms with E-state index in [-0.39, 0.29) is 0 Å². The second-order valence-corrected chi connectivity index (χ2v) is 5.34. The van der Waals surface area contributed by atoms with Gasteiger partial charge in [0.05, 0.1) is 0 Å². The average molecular weight is 231 g/mol.